The second-order valence-electron chi connectivity index (χ2n) is 6.32. The molecule has 0 aliphatic carbocycles. The molecular weight excluding hydrogens is 314 g/mol. The van der Waals surface area contributed by atoms with Crippen LogP contribution in [0.3, 0.4) is 0 Å². The van der Waals surface area contributed by atoms with Gasteiger partial charge in [-0.1, -0.05) is 0 Å². The molecule has 1 N–H and O–H groups in total. The maximum atomic E-state index is 13.0. The van der Waals surface area contributed by atoms with Crippen molar-refractivity contribution in [2.45, 2.75) is 25.3 Å². The van der Waals surface area contributed by atoms with E-state index in [4.69, 9.17) is 4.98 Å². The minimum absolute atomic E-state index is 0.0136. The fraction of sp³-hybridized carbons (Fsp3) is 0.316. The first-order chi connectivity index (χ1) is 12.3. The van der Waals surface area contributed by atoms with Gasteiger partial charge in [-0.15, -0.1) is 0 Å². The van der Waals surface area contributed by atoms with Crippen molar-refractivity contribution in [2.75, 3.05) is 18.9 Å². The fourth-order valence-corrected chi connectivity index (χ4v) is 3.55. The summed E-state index contributed by atoms with van der Waals surface area (Å²) in [6.45, 7) is 0.749. The number of fused-ring (bicyclic) bond motifs is 1. The van der Waals surface area contributed by atoms with Crippen molar-refractivity contribution < 1.29 is 4.79 Å². The Morgan fingerprint density at radius 3 is 3.00 bits per heavy atom. The van der Waals surface area contributed by atoms with Gasteiger partial charge in [0.2, 0.25) is 0 Å². The number of anilines is 1. The number of aromatic nitrogens is 3. The van der Waals surface area contributed by atoms with Crippen LogP contribution < -0.4 is 5.32 Å². The third-order valence-electron chi connectivity index (χ3n) is 4.78. The number of carbonyl (C=O) groups is 1. The Balaban J connectivity index is 1.73. The highest BCUT2D eigenvalue weighted by Crippen LogP contribution is 2.32. The SMILES string of the molecule is CNc1nc([C@H]2CCCCN2C(=O)c2cccnc2)cn2cccc12. The van der Waals surface area contributed by atoms with Crippen LogP contribution in [-0.4, -0.2) is 38.8 Å². The first kappa shape index (κ1) is 15.6. The van der Waals surface area contributed by atoms with Gasteiger partial charge < -0.3 is 14.6 Å². The molecule has 25 heavy (non-hydrogen) atoms. The van der Waals surface area contributed by atoms with Crippen molar-refractivity contribution in [1.82, 2.24) is 19.3 Å². The van der Waals surface area contributed by atoms with E-state index in [9.17, 15) is 4.79 Å². The minimum Gasteiger partial charge on any atom is -0.371 e. The number of hydrogen-bond acceptors (Lipinski definition) is 4. The van der Waals surface area contributed by atoms with E-state index in [-0.39, 0.29) is 11.9 Å². The van der Waals surface area contributed by atoms with Crippen LogP contribution in [-0.2, 0) is 0 Å². The Bertz CT molecular complexity index is 889. The van der Waals surface area contributed by atoms with Crippen LogP contribution in [0.5, 0.6) is 0 Å². The summed E-state index contributed by atoms with van der Waals surface area (Å²) < 4.78 is 2.06. The minimum atomic E-state index is -0.0136. The summed E-state index contributed by atoms with van der Waals surface area (Å²) >= 11 is 0. The maximum absolute atomic E-state index is 13.0. The van der Waals surface area contributed by atoms with Gasteiger partial charge in [-0.3, -0.25) is 9.78 Å². The van der Waals surface area contributed by atoms with E-state index in [0.717, 1.165) is 42.8 Å². The van der Waals surface area contributed by atoms with Crippen molar-refractivity contribution in [2.24, 2.45) is 0 Å². The molecule has 1 amide bonds. The molecule has 0 radical (unpaired) electrons. The van der Waals surface area contributed by atoms with E-state index in [1.165, 1.54) is 0 Å². The highest BCUT2D eigenvalue weighted by atomic mass is 16.2. The Kier molecular flexibility index (Phi) is 4.09. The van der Waals surface area contributed by atoms with Gasteiger partial charge in [-0.25, -0.2) is 4.98 Å². The molecule has 128 valence electrons. The molecule has 3 aromatic heterocycles. The first-order valence-corrected chi connectivity index (χ1v) is 8.64. The first-order valence-electron chi connectivity index (χ1n) is 8.64. The fourth-order valence-electron chi connectivity index (χ4n) is 3.55. The van der Waals surface area contributed by atoms with Gasteiger partial charge in [0, 0.05) is 38.4 Å². The average molecular weight is 335 g/mol. The number of amides is 1. The number of likely N-dealkylation sites (tertiary alicyclic amines) is 1. The van der Waals surface area contributed by atoms with Gasteiger partial charge in [0.15, 0.2) is 0 Å². The third-order valence-corrected chi connectivity index (χ3v) is 4.78. The summed E-state index contributed by atoms with van der Waals surface area (Å²) in [5, 5.41) is 3.17. The van der Waals surface area contributed by atoms with E-state index in [1.54, 1.807) is 18.5 Å². The third kappa shape index (κ3) is 2.84. The smallest absolute Gasteiger partial charge is 0.255 e. The number of piperidine rings is 1. The average Bonchev–Trinajstić information content (AvgIpc) is 3.16. The standard InChI is InChI=1S/C19H21N5O/c1-20-18-17-8-5-10-23(17)13-15(22-18)16-7-2-3-11-24(16)19(25)14-6-4-9-21-12-14/h4-6,8-10,12-13,16H,2-3,7,11H2,1H3,(H,20,22)/t16-/m1/s1. The number of hydrogen-bond donors (Lipinski definition) is 1. The normalized spacial score (nSPS) is 17.6. The molecule has 3 aromatic rings. The molecule has 1 saturated heterocycles. The van der Waals surface area contributed by atoms with Gasteiger partial charge in [-0.05, 0) is 43.5 Å². The lowest BCUT2D eigenvalue weighted by molar-refractivity contribution is 0.0605. The Morgan fingerprint density at radius 1 is 1.28 bits per heavy atom. The number of pyridine rings is 1. The van der Waals surface area contributed by atoms with Gasteiger partial charge >= 0.3 is 0 Å². The highest BCUT2D eigenvalue weighted by Gasteiger charge is 2.30. The van der Waals surface area contributed by atoms with Crippen molar-refractivity contribution in [1.29, 1.82) is 0 Å². The van der Waals surface area contributed by atoms with Crippen LogP contribution in [0.25, 0.3) is 5.52 Å². The highest BCUT2D eigenvalue weighted by molar-refractivity contribution is 5.94. The number of rotatable bonds is 3. The largest absolute Gasteiger partial charge is 0.371 e. The maximum Gasteiger partial charge on any atom is 0.255 e. The molecule has 6 nitrogen and oxygen atoms in total. The molecule has 1 atom stereocenters. The second kappa shape index (κ2) is 6.55. The van der Waals surface area contributed by atoms with Gasteiger partial charge in [0.25, 0.3) is 5.91 Å². The van der Waals surface area contributed by atoms with Crippen LogP contribution in [0, 0.1) is 0 Å². The van der Waals surface area contributed by atoms with E-state index in [1.807, 2.05) is 42.5 Å². The molecule has 0 unspecified atom stereocenters. The van der Waals surface area contributed by atoms with Crippen molar-refractivity contribution in [3.63, 3.8) is 0 Å². The molecule has 1 fully saturated rings. The van der Waals surface area contributed by atoms with Crippen LogP contribution in [0.1, 0.15) is 41.4 Å². The summed E-state index contributed by atoms with van der Waals surface area (Å²) in [7, 11) is 1.87. The predicted octanol–water partition coefficient (Wildman–Crippen LogP) is 3.14. The zero-order valence-corrected chi connectivity index (χ0v) is 14.2. The zero-order valence-electron chi connectivity index (χ0n) is 14.2. The van der Waals surface area contributed by atoms with E-state index >= 15 is 0 Å². The van der Waals surface area contributed by atoms with Crippen LogP contribution in [0.4, 0.5) is 5.82 Å². The van der Waals surface area contributed by atoms with E-state index in [0.29, 0.717) is 5.56 Å². The quantitative estimate of drug-likeness (QED) is 0.799. The molecule has 0 bridgehead atoms. The molecule has 0 aromatic carbocycles. The number of nitrogens with zero attached hydrogens (tertiary/aromatic N) is 4. The second-order valence-corrected chi connectivity index (χ2v) is 6.32. The van der Waals surface area contributed by atoms with Crippen molar-refractivity contribution >= 4 is 17.2 Å². The molecule has 1 aliphatic rings. The van der Waals surface area contributed by atoms with Crippen LogP contribution in [0.2, 0.25) is 0 Å². The monoisotopic (exact) mass is 335 g/mol. The summed E-state index contributed by atoms with van der Waals surface area (Å²) in [6.07, 6.45) is 10.4. The number of nitrogens with one attached hydrogen (secondary N) is 1. The van der Waals surface area contributed by atoms with Gasteiger partial charge in [0.1, 0.15) is 5.82 Å². The summed E-state index contributed by atoms with van der Waals surface area (Å²) in [4.78, 5) is 23.8. The topological polar surface area (TPSA) is 62.5 Å². The Hall–Kier alpha value is -2.89. The molecule has 0 saturated carbocycles. The van der Waals surface area contributed by atoms with Gasteiger partial charge in [-0.2, -0.15) is 0 Å². The van der Waals surface area contributed by atoms with Crippen molar-refractivity contribution in [3.05, 3.63) is 60.3 Å². The van der Waals surface area contributed by atoms with E-state index in [2.05, 4.69) is 14.7 Å². The lowest BCUT2D eigenvalue weighted by Crippen LogP contribution is -2.39. The van der Waals surface area contributed by atoms with Crippen LogP contribution in [0.15, 0.2) is 49.1 Å². The summed E-state index contributed by atoms with van der Waals surface area (Å²) in [5.74, 6) is 0.861. The van der Waals surface area contributed by atoms with Gasteiger partial charge in [0.05, 0.1) is 22.8 Å². The van der Waals surface area contributed by atoms with E-state index < -0.39 is 0 Å². The predicted molar refractivity (Wildman–Crippen MR) is 96.6 cm³/mol. The zero-order chi connectivity index (χ0) is 17.2. The lowest BCUT2D eigenvalue weighted by Gasteiger charge is -2.35. The Morgan fingerprint density at radius 2 is 2.20 bits per heavy atom. The van der Waals surface area contributed by atoms with Crippen LogP contribution >= 0.6 is 0 Å². The van der Waals surface area contributed by atoms with Crippen molar-refractivity contribution in [3.8, 4) is 0 Å². The lowest BCUT2D eigenvalue weighted by atomic mass is 9.98. The summed E-state index contributed by atoms with van der Waals surface area (Å²) in [6, 6.07) is 7.64. The molecule has 4 rings (SSSR count). The molecule has 1 aliphatic heterocycles. The summed E-state index contributed by atoms with van der Waals surface area (Å²) in [5.41, 5.74) is 2.59. The molecule has 4 heterocycles. The molecule has 0 spiro atoms. The number of carbonyl (C=O) groups excluding carboxylic acids is 1. The molecular formula is C19H21N5O. The molecule has 6 heteroatoms. The Labute approximate surface area is 146 Å².